The van der Waals surface area contributed by atoms with Gasteiger partial charge in [-0.2, -0.15) is 0 Å². The number of imidazole rings is 1. The van der Waals surface area contributed by atoms with E-state index in [4.69, 9.17) is 4.74 Å². The van der Waals surface area contributed by atoms with Crippen LogP contribution in [0.4, 0.5) is 0 Å². The van der Waals surface area contributed by atoms with Crippen LogP contribution in [0.25, 0.3) is 11.8 Å². The maximum Gasteiger partial charge on any atom is 0.118 e. The first-order valence-corrected chi connectivity index (χ1v) is 6.62. The van der Waals surface area contributed by atoms with E-state index in [1.54, 1.807) is 25.8 Å². The van der Waals surface area contributed by atoms with Crippen molar-refractivity contribution >= 4 is 11.8 Å². The summed E-state index contributed by atoms with van der Waals surface area (Å²) in [7, 11) is 1.66. The summed E-state index contributed by atoms with van der Waals surface area (Å²) in [5.41, 5.74) is 2.94. The molecule has 21 heavy (non-hydrogen) atoms. The molecule has 3 aromatic rings. The molecule has 0 atom stereocenters. The Balaban J connectivity index is 2.04. The van der Waals surface area contributed by atoms with Crippen molar-refractivity contribution in [1.82, 2.24) is 14.5 Å². The van der Waals surface area contributed by atoms with Crippen molar-refractivity contribution < 1.29 is 4.74 Å². The molecule has 2 heterocycles. The lowest BCUT2D eigenvalue weighted by Crippen LogP contribution is -1.98. The number of nitrogens with zero attached hydrogens (tertiary/aromatic N) is 3. The van der Waals surface area contributed by atoms with Gasteiger partial charge in [0.2, 0.25) is 0 Å². The summed E-state index contributed by atoms with van der Waals surface area (Å²) in [5.74, 6) is 0.842. The van der Waals surface area contributed by atoms with Crippen LogP contribution in [-0.2, 0) is 0 Å². The highest BCUT2D eigenvalue weighted by molar-refractivity contribution is 5.79. The van der Waals surface area contributed by atoms with E-state index in [9.17, 15) is 0 Å². The maximum atomic E-state index is 5.18. The number of benzene rings is 1. The summed E-state index contributed by atoms with van der Waals surface area (Å²) in [4.78, 5) is 8.54. The van der Waals surface area contributed by atoms with Crippen LogP contribution < -0.4 is 4.74 Å². The molecule has 3 rings (SSSR count). The molecule has 4 heteroatoms. The van der Waals surface area contributed by atoms with Crippen molar-refractivity contribution in [3.05, 3.63) is 78.6 Å². The molecule has 0 radical (unpaired) electrons. The average molecular weight is 277 g/mol. The number of hydrogen-bond acceptors (Lipinski definition) is 3. The smallest absolute Gasteiger partial charge is 0.118 e. The Kier molecular flexibility index (Phi) is 3.78. The van der Waals surface area contributed by atoms with E-state index in [-0.39, 0.29) is 0 Å². The van der Waals surface area contributed by atoms with Crippen molar-refractivity contribution in [3.8, 4) is 5.75 Å². The van der Waals surface area contributed by atoms with Crippen molar-refractivity contribution in [3.63, 3.8) is 0 Å². The van der Waals surface area contributed by atoms with Crippen molar-refractivity contribution in [1.29, 1.82) is 0 Å². The van der Waals surface area contributed by atoms with Crippen LogP contribution in [0.3, 0.4) is 0 Å². The predicted octanol–water partition coefficient (Wildman–Crippen LogP) is 3.33. The normalized spacial score (nSPS) is 11.4. The highest BCUT2D eigenvalue weighted by Crippen LogP contribution is 2.20. The standard InChI is InChI=1S/C17H15N3O/c1-21-15-7-5-14(6-8-15)12-17(20-11-10-18-13-20)16-4-2-3-9-19-16/h2-13H,1H3/b17-12+. The Hall–Kier alpha value is -2.88. The summed E-state index contributed by atoms with van der Waals surface area (Å²) in [6.07, 6.45) is 9.29. The van der Waals surface area contributed by atoms with Crippen molar-refractivity contribution in [2.24, 2.45) is 0 Å². The van der Waals surface area contributed by atoms with E-state index in [0.717, 1.165) is 22.7 Å². The Bertz CT molecular complexity index is 716. The largest absolute Gasteiger partial charge is 0.497 e. The minimum absolute atomic E-state index is 0.842. The van der Waals surface area contributed by atoms with Gasteiger partial charge in [-0.15, -0.1) is 0 Å². The van der Waals surface area contributed by atoms with Crippen molar-refractivity contribution in [2.45, 2.75) is 0 Å². The van der Waals surface area contributed by atoms with Gasteiger partial charge in [-0.05, 0) is 35.9 Å². The second-order valence-electron chi connectivity index (χ2n) is 4.49. The molecule has 0 fully saturated rings. The van der Waals surface area contributed by atoms with Gasteiger partial charge in [0.15, 0.2) is 0 Å². The van der Waals surface area contributed by atoms with E-state index in [1.165, 1.54) is 0 Å². The first kappa shape index (κ1) is 13.1. The zero-order valence-electron chi connectivity index (χ0n) is 11.7. The zero-order chi connectivity index (χ0) is 14.5. The summed E-state index contributed by atoms with van der Waals surface area (Å²) in [5, 5.41) is 0. The van der Waals surface area contributed by atoms with Crippen molar-refractivity contribution in [2.75, 3.05) is 7.11 Å². The van der Waals surface area contributed by atoms with Crippen LogP contribution in [0, 0.1) is 0 Å². The first-order valence-electron chi connectivity index (χ1n) is 6.62. The monoisotopic (exact) mass is 277 g/mol. The second kappa shape index (κ2) is 6.05. The fourth-order valence-electron chi connectivity index (χ4n) is 2.05. The lowest BCUT2D eigenvalue weighted by atomic mass is 10.1. The first-order chi connectivity index (χ1) is 10.4. The van der Waals surface area contributed by atoms with Crippen LogP contribution in [0.5, 0.6) is 5.75 Å². The minimum Gasteiger partial charge on any atom is -0.497 e. The molecule has 0 bridgehead atoms. The number of hydrogen-bond donors (Lipinski definition) is 0. The lowest BCUT2D eigenvalue weighted by Gasteiger charge is -2.08. The molecule has 0 aliphatic rings. The van der Waals surface area contributed by atoms with Crippen LogP contribution in [0.1, 0.15) is 11.3 Å². The second-order valence-corrected chi connectivity index (χ2v) is 4.49. The topological polar surface area (TPSA) is 39.9 Å². The van der Waals surface area contributed by atoms with E-state index < -0.39 is 0 Å². The van der Waals surface area contributed by atoms with Gasteiger partial charge in [-0.1, -0.05) is 18.2 Å². The third-order valence-corrected chi connectivity index (χ3v) is 3.13. The van der Waals surface area contributed by atoms with E-state index in [0.29, 0.717) is 0 Å². The molecule has 0 unspecified atom stereocenters. The SMILES string of the molecule is COc1ccc(/C=C(\c2ccccn2)n2ccnc2)cc1. The van der Waals surface area contributed by atoms with Gasteiger partial charge in [0, 0.05) is 18.6 Å². The van der Waals surface area contributed by atoms with Crippen LogP contribution in [0.2, 0.25) is 0 Å². The molecule has 104 valence electrons. The maximum absolute atomic E-state index is 5.18. The molecule has 1 aromatic carbocycles. The molecule has 4 nitrogen and oxygen atoms in total. The van der Waals surface area contributed by atoms with E-state index in [2.05, 4.69) is 16.0 Å². The molecule has 0 saturated heterocycles. The molecule has 0 saturated carbocycles. The van der Waals surface area contributed by atoms with Crippen LogP contribution in [-0.4, -0.2) is 21.6 Å². The molecule has 2 aromatic heterocycles. The zero-order valence-corrected chi connectivity index (χ0v) is 11.7. The lowest BCUT2D eigenvalue weighted by molar-refractivity contribution is 0.415. The quantitative estimate of drug-likeness (QED) is 0.734. The average Bonchev–Trinajstić information content (AvgIpc) is 3.08. The molecule has 0 N–H and O–H groups in total. The highest BCUT2D eigenvalue weighted by atomic mass is 16.5. The van der Waals surface area contributed by atoms with Gasteiger partial charge in [0.1, 0.15) is 5.75 Å². The van der Waals surface area contributed by atoms with Gasteiger partial charge in [0.25, 0.3) is 0 Å². The number of rotatable bonds is 4. The number of pyridine rings is 1. The van der Waals surface area contributed by atoms with Gasteiger partial charge < -0.3 is 9.30 Å². The van der Waals surface area contributed by atoms with Crippen LogP contribution >= 0.6 is 0 Å². The Labute approximate surface area is 123 Å². The number of ether oxygens (including phenoxy) is 1. The number of methoxy groups -OCH3 is 1. The minimum atomic E-state index is 0.842. The highest BCUT2D eigenvalue weighted by Gasteiger charge is 2.05. The third-order valence-electron chi connectivity index (χ3n) is 3.13. The molecule has 0 spiro atoms. The fraction of sp³-hybridized carbons (Fsp3) is 0.0588. The molecular formula is C17H15N3O. The summed E-state index contributed by atoms with van der Waals surface area (Å²) in [6.45, 7) is 0. The molecule has 0 aliphatic carbocycles. The van der Waals surface area contributed by atoms with Gasteiger partial charge in [-0.3, -0.25) is 4.98 Å². The fourth-order valence-corrected chi connectivity index (χ4v) is 2.05. The third kappa shape index (κ3) is 3.00. The van der Waals surface area contributed by atoms with Gasteiger partial charge in [0.05, 0.1) is 24.8 Å². The summed E-state index contributed by atoms with van der Waals surface area (Å²) >= 11 is 0. The Morgan fingerprint density at radius 3 is 2.57 bits per heavy atom. The Morgan fingerprint density at radius 2 is 1.95 bits per heavy atom. The van der Waals surface area contributed by atoms with E-state index >= 15 is 0 Å². The predicted molar refractivity (Wildman–Crippen MR) is 82.7 cm³/mol. The summed E-state index contributed by atoms with van der Waals surface area (Å²) < 4.78 is 7.13. The van der Waals surface area contributed by atoms with E-state index in [1.807, 2.05) is 53.2 Å². The molecule has 0 aliphatic heterocycles. The van der Waals surface area contributed by atoms with Gasteiger partial charge in [-0.25, -0.2) is 4.98 Å². The van der Waals surface area contributed by atoms with Crippen LogP contribution in [0.15, 0.2) is 67.4 Å². The Morgan fingerprint density at radius 1 is 1.10 bits per heavy atom. The van der Waals surface area contributed by atoms with Gasteiger partial charge >= 0.3 is 0 Å². The number of aromatic nitrogens is 3. The molecular weight excluding hydrogens is 262 g/mol. The summed E-state index contributed by atoms with van der Waals surface area (Å²) in [6, 6.07) is 13.8. The molecule has 0 amide bonds.